The molecule has 7 heteroatoms. The normalized spacial score (nSPS) is 25.0. The van der Waals surface area contributed by atoms with Gasteiger partial charge >= 0.3 is 0 Å². The van der Waals surface area contributed by atoms with Crippen LogP contribution in [0.3, 0.4) is 0 Å². The predicted octanol–water partition coefficient (Wildman–Crippen LogP) is 1.74. The molecular formula is C16H31N3O3S. The number of hydrogen-bond acceptors (Lipinski definition) is 3. The van der Waals surface area contributed by atoms with Gasteiger partial charge in [-0.3, -0.25) is 4.79 Å². The molecule has 0 aromatic carbocycles. The summed E-state index contributed by atoms with van der Waals surface area (Å²) in [5.74, 6) is -0.198. The third-order valence-corrected chi connectivity index (χ3v) is 6.80. The number of piperidine rings is 1. The van der Waals surface area contributed by atoms with Crippen LogP contribution in [0.1, 0.15) is 58.3 Å². The van der Waals surface area contributed by atoms with Gasteiger partial charge in [-0.05, 0) is 32.1 Å². The average Bonchev–Trinajstić information content (AvgIpc) is 2.85. The van der Waals surface area contributed by atoms with Crippen LogP contribution in [0.2, 0.25) is 0 Å². The molecule has 1 amide bonds. The number of rotatable bonds is 6. The maximum absolute atomic E-state index is 12.8. The van der Waals surface area contributed by atoms with Gasteiger partial charge in [-0.1, -0.05) is 26.2 Å². The Morgan fingerprint density at radius 3 is 2.35 bits per heavy atom. The van der Waals surface area contributed by atoms with Gasteiger partial charge in [0.05, 0.1) is 5.92 Å². The number of amides is 1. The molecule has 0 unspecified atom stereocenters. The minimum Gasteiger partial charge on any atom is -0.356 e. The number of carbonyl (C=O) groups is 1. The Balaban J connectivity index is 1.94. The van der Waals surface area contributed by atoms with E-state index in [1.807, 2.05) is 0 Å². The summed E-state index contributed by atoms with van der Waals surface area (Å²) in [7, 11) is -3.41. The van der Waals surface area contributed by atoms with E-state index in [0.717, 1.165) is 51.4 Å². The first-order valence-corrected chi connectivity index (χ1v) is 10.5. The number of nitrogens with one attached hydrogen (secondary N) is 1. The molecule has 0 radical (unpaired) electrons. The lowest BCUT2D eigenvalue weighted by Gasteiger charge is -2.34. The maximum atomic E-state index is 12.8. The van der Waals surface area contributed by atoms with Crippen molar-refractivity contribution in [2.75, 3.05) is 32.7 Å². The van der Waals surface area contributed by atoms with Crippen molar-refractivity contribution in [3.05, 3.63) is 0 Å². The van der Waals surface area contributed by atoms with E-state index in [1.54, 1.807) is 4.31 Å². The largest absolute Gasteiger partial charge is 0.356 e. The fourth-order valence-electron chi connectivity index (χ4n) is 3.33. The van der Waals surface area contributed by atoms with Crippen molar-refractivity contribution in [3.63, 3.8) is 0 Å². The maximum Gasteiger partial charge on any atom is 0.281 e. The van der Waals surface area contributed by atoms with Crippen LogP contribution in [0.5, 0.6) is 0 Å². The van der Waals surface area contributed by atoms with Crippen molar-refractivity contribution in [1.82, 2.24) is 13.9 Å². The average molecular weight is 346 g/mol. The van der Waals surface area contributed by atoms with Crippen LogP contribution in [-0.4, -0.2) is 55.7 Å². The lowest BCUT2D eigenvalue weighted by molar-refractivity contribution is -0.126. The summed E-state index contributed by atoms with van der Waals surface area (Å²) in [4.78, 5) is 12.2. The Hall–Kier alpha value is -0.660. The fraction of sp³-hybridized carbons (Fsp3) is 0.938. The Morgan fingerprint density at radius 2 is 1.70 bits per heavy atom. The van der Waals surface area contributed by atoms with Gasteiger partial charge in [-0.2, -0.15) is 17.0 Å². The van der Waals surface area contributed by atoms with E-state index in [4.69, 9.17) is 0 Å². The zero-order valence-corrected chi connectivity index (χ0v) is 15.1. The molecule has 2 aliphatic heterocycles. The number of nitrogens with zero attached hydrogens (tertiary/aromatic N) is 2. The van der Waals surface area contributed by atoms with Crippen LogP contribution in [0.4, 0.5) is 0 Å². The molecule has 134 valence electrons. The molecule has 1 N–H and O–H groups in total. The third kappa shape index (κ3) is 5.16. The predicted molar refractivity (Wildman–Crippen MR) is 91.2 cm³/mol. The number of unbranched alkanes of at least 4 members (excludes halogenated alkanes) is 1. The van der Waals surface area contributed by atoms with E-state index in [9.17, 15) is 13.2 Å². The molecule has 0 saturated carbocycles. The van der Waals surface area contributed by atoms with Crippen molar-refractivity contribution >= 4 is 16.1 Å². The summed E-state index contributed by atoms with van der Waals surface area (Å²) < 4.78 is 28.8. The van der Waals surface area contributed by atoms with E-state index in [2.05, 4.69) is 12.2 Å². The molecule has 0 aromatic heterocycles. The summed E-state index contributed by atoms with van der Waals surface area (Å²) in [6, 6.07) is 0. The first kappa shape index (κ1) is 18.7. The molecule has 6 nitrogen and oxygen atoms in total. The summed E-state index contributed by atoms with van der Waals surface area (Å²) in [6.07, 6.45) is 7.64. The van der Waals surface area contributed by atoms with Gasteiger partial charge < -0.3 is 5.32 Å². The smallest absolute Gasteiger partial charge is 0.281 e. The first-order chi connectivity index (χ1) is 11.1. The molecular weight excluding hydrogens is 314 g/mol. The molecule has 0 aliphatic carbocycles. The molecule has 1 atom stereocenters. The Bertz CT molecular complexity index is 473. The highest BCUT2D eigenvalue weighted by Gasteiger charge is 2.35. The topological polar surface area (TPSA) is 69.7 Å². The van der Waals surface area contributed by atoms with Crippen LogP contribution >= 0.6 is 0 Å². The minimum absolute atomic E-state index is 0.00853. The molecule has 2 rings (SSSR count). The van der Waals surface area contributed by atoms with Crippen LogP contribution in [0, 0.1) is 5.92 Å². The van der Waals surface area contributed by atoms with Crippen LogP contribution in [-0.2, 0) is 15.0 Å². The standard InChI is InChI=1S/C16H31N3O3S/c1-2-3-10-17-16(20)15-9-8-13-19(14-15)23(21,22)18-11-6-4-5-7-12-18/h15H,2-14H2,1H3,(H,17,20)/t15-/m1/s1. The molecule has 2 saturated heterocycles. The number of hydrogen-bond donors (Lipinski definition) is 1. The molecule has 2 fully saturated rings. The SMILES string of the molecule is CCCCNC(=O)[C@@H]1CCCN(S(=O)(=O)N2CCCCCC2)C1. The van der Waals surface area contributed by atoms with Crippen LogP contribution < -0.4 is 5.32 Å². The number of carbonyl (C=O) groups excluding carboxylic acids is 1. The monoisotopic (exact) mass is 345 g/mol. The van der Waals surface area contributed by atoms with E-state index < -0.39 is 10.2 Å². The lowest BCUT2D eigenvalue weighted by Crippen LogP contribution is -2.50. The second-order valence-electron chi connectivity index (χ2n) is 6.66. The van der Waals surface area contributed by atoms with Crippen LogP contribution in [0.25, 0.3) is 0 Å². The first-order valence-electron chi connectivity index (χ1n) is 9.08. The van der Waals surface area contributed by atoms with Gasteiger partial charge in [0.15, 0.2) is 0 Å². The van der Waals surface area contributed by atoms with Gasteiger partial charge in [0.2, 0.25) is 5.91 Å². The highest BCUT2D eigenvalue weighted by Crippen LogP contribution is 2.23. The quantitative estimate of drug-likeness (QED) is 0.746. The zero-order chi connectivity index (χ0) is 16.7. The van der Waals surface area contributed by atoms with Gasteiger partial charge in [-0.15, -0.1) is 0 Å². The van der Waals surface area contributed by atoms with Crippen molar-refractivity contribution in [2.45, 2.75) is 58.3 Å². The molecule has 0 spiro atoms. The van der Waals surface area contributed by atoms with Crippen molar-refractivity contribution in [3.8, 4) is 0 Å². The summed E-state index contributed by atoms with van der Waals surface area (Å²) >= 11 is 0. The van der Waals surface area contributed by atoms with Gasteiger partial charge in [0.25, 0.3) is 10.2 Å². The summed E-state index contributed by atoms with van der Waals surface area (Å²) in [6.45, 7) is 4.87. The molecule has 0 bridgehead atoms. The summed E-state index contributed by atoms with van der Waals surface area (Å²) in [5.41, 5.74) is 0. The molecule has 23 heavy (non-hydrogen) atoms. The Labute approximate surface area is 140 Å². The van der Waals surface area contributed by atoms with E-state index in [1.165, 1.54) is 4.31 Å². The Kier molecular flexibility index (Phi) is 7.30. The van der Waals surface area contributed by atoms with Crippen molar-refractivity contribution < 1.29 is 13.2 Å². The molecule has 2 heterocycles. The highest BCUT2D eigenvalue weighted by atomic mass is 32.2. The van der Waals surface area contributed by atoms with E-state index in [0.29, 0.717) is 32.7 Å². The van der Waals surface area contributed by atoms with Crippen molar-refractivity contribution in [1.29, 1.82) is 0 Å². The second-order valence-corrected chi connectivity index (χ2v) is 8.59. The Morgan fingerprint density at radius 1 is 1.04 bits per heavy atom. The minimum atomic E-state index is -3.41. The third-order valence-electron chi connectivity index (χ3n) is 4.80. The van der Waals surface area contributed by atoms with E-state index >= 15 is 0 Å². The van der Waals surface area contributed by atoms with Gasteiger partial charge in [0.1, 0.15) is 0 Å². The highest BCUT2D eigenvalue weighted by molar-refractivity contribution is 7.86. The second kappa shape index (κ2) is 8.99. The van der Waals surface area contributed by atoms with Crippen LogP contribution in [0.15, 0.2) is 0 Å². The lowest BCUT2D eigenvalue weighted by atomic mass is 9.99. The molecule has 0 aromatic rings. The van der Waals surface area contributed by atoms with E-state index in [-0.39, 0.29) is 11.8 Å². The van der Waals surface area contributed by atoms with Crippen molar-refractivity contribution in [2.24, 2.45) is 5.92 Å². The van der Waals surface area contributed by atoms with Gasteiger partial charge in [0, 0.05) is 32.7 Å². The summed E-state index contributed by atoms with van der Waals surface area (Å²) in [5, 5.41) is 2.94. The van der Waals surface area contributed by atoms with Gasteiger partial charge in [-0.25, -0.2) is 0 Å². The molecule has 2 aliphatic rings. The zero-order valence-electron chi connectivity index (χ0n) is 14.3. The fourth-order valence-corrected chi connectivity index (χ4v) is 5.11.